The maximum Gasteiger partial charge on any atom is 0.243 e. The molecule has 0 bridgehead atoms. The Balaban J connectivity index is -0.000000539. The van der Waals surface area contributed by atoms with Crippen LogP contribution in [0.5, 0.6) is 0 Å². The van der Waals surface area contributed by atoms with Crippen LogP contribution in [0.4, 0.5) is 0 Å². The highest BCUT2D eigenvalue weighted by atomic mass is 32.2. The highest BCUT2D eigenvalue weighted by Gasteiger charge is 2.46. The Morgan fingerprint density at radius 2 is 0.771 bits per heavy atom. The number of likely N-dealkylation sites (tertiary alicyclic amines) is 2. The highest BCUT2D eigenvalue weighted by molar-refractivity contribution is 8.02. The Hall–Kier alpha value is -1.02. The summed E-state index contributed by atoms with van der Waals surface area (Å²) < 4.78 is 0.0169. The molecule has 2 heterocycles. The van der Waals surface area contributed by atoms with Crippen LogP contribution < -0.4 is 0 Å². The number of imide groups is 2. The molecule has 208 valence electrons. The second-order valence-electron chi connectivity index (χ2n) is 12.3. The van der Waals surface area contributed by atoms with E-state index in [1.54, 1.807) is 23.5 Å². The normalized spacial score (nSPS) is 21.1. The molecule has 2 aliphatic rings. The highest BCUT2D eigenvalue weighted by Crippen LogP contribution is 2.38. The van der Waals surface area contributed by atoms with Gasteiger partial charge in [0.15, 0.2) is 0 Å². The number of nitrogens with zero attached hydrogens (tertiary/aromatic N) is 2. The quantitative estimate of drug-likeness (QED) is 0.363. The van der Waals surface area contributed by atoms with E-state index < -0.39 is 11.1 Å². The van der Waals surface area contributed by atoms with Gasteiger partial charge < -0.3 is 0 Å². The number of carbonyl (C=O) groups is 4. The first kappa shape index (κ1) is 38.5. The van der Waals surface area contributed by atoms with Crippen molar-refractivity contribution in [2.45, 2.75) is 149 Å². The second kappa shape index (κ2) is 13.0. The lowest BCUT2D eigenvalue weighted by Crippen LogP contribution is -2.46. The van der Waals surface area contributed by atoms with E-state index in [0.29, 0.717) is 12.8 Å². The van der Waals surface area contributed by atoms with Gasteiger partial charge in [-0.25, -0.2) is 0 Å². The molecule has 4 amide bonds. The predicted octanol–water partition coefficient (Wildman–Crippen LogP) is 6.80. The summed E-state index contributed by atoms with van der Waals surface area (Å²) in [4.78, 5) is 50.7. The Kier molecular flexibility index (Phi) is 14.3. The van der Waals surface area contributed by atoms with Crippen molar-refractivity contribution in [1.82, 2.24) is 9.80 Å². The lowest BCUT2D eigenvalue weighted by atomic mass is 10.1. The van der Waals surface area contributed by atoms with Gasteiger partial charge in [0.25, 0.3) is 0 Å². The van der Waals surface area contributed by atoms with Gasteiger partial charge >= 0.3 is 0 Å². The van der Waals surface area contributed by atoms with Crippen molar-refractivity contribution < 1.29 is 19.2 Å². The van der Waals surface area contributed by atoms with Crippen molar-refractivity contribution >= 4 is 47.2 Å². The largest absolute Gasteiger partial charge is 0.276 e. The molecule has 0 aromatic carbocycles. The number of amides is 4. The molecule has 2 atom stereocenters. The zero-order valence-electron chi connectivity index (χ0n) is 21.9. The van der Waals surface area contributed by atoms with Crippen LogP contribution in [0.25, 0.3) is 0 Å². The molecule has 2 rings (SSSR count). The molecule has 0 spiro atoms. The number of rotatable bonds is 2. The van der Waals surface area contributed by atoms with E-state index in [1.807, 2.05) is 41.5 Å². The zero-order chi connectivity index (χ0) is 25.4. The number of hydrogen-bond donors (Lipinski definition) is 0. The fourth-order valence-corrected chi connectivity index (χ4v) is 6.23. The van der Waals surface area contributed by atoms with Crippen LogP contribution in [-0.4, -0.2) is 64.5 Å². The summed E-state index contributed by atoms with van der Waals surface area (Å²) in [6.45, 7) is 23.8. The third kappa shape index (κ3) is 11.3. The fraction of sp³-hybridized carbons (Fsp3) is 0.852. The van der Waals surface area contributed by atoms with Gasteiger partial charge in [0, 0.05) is 33.4 Å². The van der Waals surface area contributed by atoms with E-state index in [4.69, 9.17) is 0 Å². The van der Waals surface area contributed by atoms with Crippen molar-refractivity contribution in [1.29, 1.82) is 0 Å². The molecule has 0 aliphatic carbocycles. The third-order valence-corrected chi connectivity index (χ3v) is 7.26. The van der Waals surface area contributed by atoms with Crippen LogP contribution in [0.1, 0.15) is 118 Å². The molecule has 35 heavy (non-hydrogen) atoms. The Morgan fingerprint density at radius 1 is 0.543 bits per heavy atom. The van der Waals surface area contributed by atoms with E-state index in [1.165, 1.54) is 9.80 Å². The zero-order valence-corrected chi connectivity index (χ0v) is 23.5. The molecular weight excluding hydrogens is 480 g/mol. The van der Waals surface area contributed by atoms with E-state index in [2.05, 4.69) is 41.5 Å². The van der Waals surface area contributed by atoms with E-state index in [0.717, 1.165) is 0 Å². The van der Waals surface area contributed by atoms with E-state index in [-0.39, 0.29) is 65.9 Å². The second-order valence-corrected chi connectivity index (χ2v) is 16.4. The maximum absolute atomic E-state index is 12.1. The van der Waals surface area contributed by atoms with Crippen LogP contribution in [0.15, 0.2) is 0 Å². The molecular formula is C27H54N2O4S2. The van der Waals surface area contributed by atoms with Gasteiger partial charge in [0.05, 0.1) is 10.5 Å². The summed E-state index contributed by atoms with van der Waals surface area (Å²) in [6, 6.07) is 0. The van der Waals surface area contributed by atoms with Crippen molar-refractivity contribution in [2.75, 3.05) is 0 Å². The summed E-state index contributed by atoms with van der Waals surface area (Å²) in [5.41, 5.74) is -0.803. The smallest absolute Gasteiger partial charge is 0.243 e. The predicted molar refractivity (Wildman–Crippen MR) is 155 cm³/mol. The van der Waals surface area contributed by atoms with Crippen molar-refractivity contribution in [3.05, 3.63) is 0 Å². The van der Waals surface area contributed by atoms with Gasteiger partial charge in [-0.05, 0) is 41.5 Å². The van der Waals surface area contributed by atoms with Gasteiger partial charge in [-0.1, -0.05) is 63.8 Å². The Bertz CT molecular complexity index is 689. The molecule has 0 saturated carbocycles. The van der Waals surface area contributed by atoms with Gasteiger partial charge in [-0.2, -0.15) is 0 Å². The summed E-state index contributed by atoms with van der Waals surface area (Å²) in [5, 5.41) is -0.404. The van der Waals surface area contributed by atoms with Crippen LogP contribution in [0.3, 0.4) is 0 Å². The monoisotopic (exact) mass is 534 g/mol. The molecule has 2 aliphatic heterocycles. The average molecular weight is 535 g/mol. The number of carbonyl (C=O) groups excluding carboxylic acids is 4. The first-order valence-electron chi connectivity index (χ1n) is 11.1. The molecule has 6 nitrogen and oxygen atoms in total. The summed E-state index contributed by atoms with van der Waals surface area (Å²) >= 11 is 3.17. The molecule has 2 unspecified atom stereocenters. The molecule has 0 N–H and O–H groups in total. The van der Waals surface area contributed by atoms with E-state index in [9.17, 15) is 19.2 Å². The minimum atomic E-state index is -0.401. The van der Waals surface area contributed by atoms with Gasteiger partial charge in [-0.15, -0.1) is 23.5 Å². The van der Waals surface area contributed by atoms with Gasteiger partial charge in [0.2, 0.25) is 23.6 Å². The first-order chi connectivity index (χ1) is 14.0. The topological polar surface area (TPSA) is 74.8 Å². The van der Waals surface area contributed by atoms with Crippen molar-refractivity contribution in [3.8, 4) is 0 Å². The van der Waals surface area contributed by atoms with Crippen LogP contribution in [-0.2, 0) is 19.2 Å². The lowest BCUT2D eigenvalue weighted by Gasteiger charge is -2.30. The third-order valence-electron chi connectivity index (χ3n) is 4.54. The van der Waals surface area contributed by atoms with Gasteiger partial charge in [-0.3, -0.25) is 29.0 Å². The molecule has 2 saturated heterocycles. The molecule has 8 heteroatoms. The average Bonchev–Trinajstić information content (AvgIpc) is 2.91. The SMILES string of the molecule is C.C.C.CC(C)(C)SC1CC(=O)N(C(C)(C)C)C1=O.CC(C)(C)SC1CC(=O)N(C(C)(C)C)C1=O. The van der Waals surface area contributed by atoms with Crippen LogP contribution in [0, 0.1) is 0 Å². The summed E-state index contributed by atoms with van der Waals surface area (Å²) in [6.07, 6.45) is 0.691. The van der Waals surface area contributed by atoms with Crippen LogP contribution in [0.2, 0.25) is 0 Å². The van der Waals surface area contributed by atoms with Crippen molar-refractivity contribution in [2.24, 2.45) is 0 Å². The van der Waals surface area contributed by atoms with Crippen molar-refractivity contribution in [3.63, 3.8) is 0 Å². The lowest BCUT2D eigenvalue weighted by molar-refractivity contribution is -0.145. The standard InChI is InChI=1S/2C12H21NO2S.3CH4/c2*1-11(2,3)13-9(14)7-8(10(13)15)16-12(4,5)6;;;/h2*8H,7H2,1-6H3;3*1H4. The Morgan fingerprint density at radius 3 is 0.914 bits per heavy atom. The molecule has 0 aromatic heterocycles. The number of thioether (sulfide) groups is 2. The molecule has 0 radical (unpaired) electrons. The fourth-order valence-electron chi connectivity index (χ4n) is 3.66. The summed E-state index contributed by atoms with van der Waals surface area (Å²) in [5.74, 6) is -0.145. The summed E-state index contributed by atoms with van der Waals surface area (Å²) in [7, 11) is 0. The van der Waals surface area contributed by atoms with E-state index >= 15 is 0 Å². The first-order valence-corrected chi connectivity index (χ1v) is 12.9. The Labute approximate surface area is 225 Å². The molecule has 0 aromatic rings. The molecule has 2 fully saturated rings. The minimum Gasteiger partial charge on any atom is -0.276 e. The minimum absolute atomic E-state index is 0. The van der Waals surface area contributed by atoms with Crippen LogP contribution >= 0.6 is 23.5 Å². The maximum atomic E-state index is 12.1. The number of hydrogen-bond acceptors (Lipinski definition) is 6. The van der Waals surface area contributed by atoms with Gasteiger partial charge in [0.1, 0.15) is 0 Å².